The van der Waals surface area contributed by atoms with E-state index in [1.807, 2.05) is 7.05 Å². The highest BCUT2D eigenvalue weighted by molar-refractivity contribution is 14.0. The van der Waals surface area contributed by atoms with E-state index in [4.69, 9.17) is 0 Å². The lowest BCUT2D eigenvalue weighted by molar-refractivity contribution is 0.378. The second-order valence-corrected chi connectivity index (χ2v) is 5.78. The van der Waals surface area contributed by atoms with Crippen LogP contribution < -0.4 is 10.6 Å². The molecule has 0 radical (unpaired) electrons. The number of fused-ring (bicyclic) bond motifs is 1. The maximum atomic E-state index is 4.35. The van der Waals surface area contributed by atoms with E-state index in [2.05, 4.69) is 65.0 Å². The maximum Gasteiger partial charge on any atom is 0.191 e. The van der Waals surface area contributed by atoms with Gasteiger partial charge in [-0.2, -0.15) is 0 Å². The molecule has 0 aromatic heterocycles. The molecule has 0 spiro atoms. The fourth-order valence-corrected chi connectivity index (χ4v) is 2.83. The van der Waals surface area contributed by atoms with E-state index >= 15 is 0 Å². The number of benzene rings is 2. The number of hydrogen-bond donors (Lipinski definition) is 2. The van der Waals surface area contributed by atoms with Gasteiger partial charge in [-0.15, -0.1) is 24.0 Å². The molecule has 0 saturated heterocycles. The van der Waals surface area contributed by atoms with E-state index in [0.29, 0.717) is 6.04 Å². The number of halogens is 1. The molecule has 0 amide bonds. The van der Waals surface area contributed by atoms with Gasteiger partial charge >= 0.3 is 0 Å². The lowest BCUT2D eigenvalue weighted by atomic mass is 9.93. The topological polar surface area (TPSA) is 36.4 Å². The van der Waals surface area contributed by atoms with Crippen LogP contribution in [0.5, 0.6) is 0 Å². The van der Waals surface area contributed by atoms with Crippen LogP contribution in [-0.4, -0.2) is 19.0 Å². The number of rotatable bonds is 3. The van der Waals surface area contributed by atoms with Crippen molar-refractivity contribution in [1.29, 1.82) is 0 Å². The van der Waals surface area contributed by atoms with Gasteiger partial charge in [-0.05, 0) is 42.5 Å². The fourth-order valence-electron chi connectivity index (χ4n) is 2.83. The zero-order valence-corrected chi connectivity index (χ0v) is 15.5. The molecule has 1 aliphatic rings. The predicted molar refractivity (Wildman–Crippen MR) is 105 cm³/mol. The Morgan fingerprint density at radius 1 is 1.14 bits per heavy atom. The largest absolute Gasteiger partial charge is 0.354 e. The van der Waals surface area contributed by atoms with Crippen LogP contribution in [0.3, 0.4) is 0 Å². The van der Waals surface area contributed by atoms with Gasteiger partial charge in [0.05, 0.1) is 6.04 Å². The first-order valence-corrected chi connectivity index (χ1v) is 7.75. The second kappa shape index (κ2) is 7.81. The summed E-state index contributed by atoms with van der Waals surface area (Å²) in [5.41, 5.74) is 1.31. The van der Waals surface area contributed by atoms with E-state index in [1.165, 1.54) is 35.6 Å². The lowest BCUT2D eigenvalue weighted by Gasteiger charge is -2.29. The summed E-state index contributed by atoms with van der Waals surface area (Å²) in [5.74, 6) is 0.903. The Balaban J connectivity index is 0.00000176. The molecule has 22 heavy (non-hydrogen) atoms. The van der Waals surface area contributed by atoms with Crippen molar-refractivity contribution in [3.8, 4) is 0 Å². The molecule has 3 nitrogen and oxygen atoms in total. The Labute approximate surface area is 149 Å². The maximum absolute atomic E-state index is 4.35. The van der Waals surface area contributed by atoms with Crippen molar-refractivity contribution < 1.29 is 0 Å². The molecule has 0 aliphatic heterocycles. The SMILES string of the molecule is CN=C(NC1CCC1)NC(C)c1cccc2ccccc12.I. The summed E-state index contributed by atoms with van der Waals surface area (Å²) >= 11 is 0. The van der Waals surface area contributed by atoms with Crippen molar-refractivity contribution in [2.24, 2.45) is 4.99 Å². The molecule has 0 bridgehead atoms. The first-order valence-electron chi connectivity index (χ1n) is 7.75. The summed E-state index contributed by atoms with van der Waals surface area (Å²) in [7, 11) is 1.84. The van der Waals surface area contributed by atoms with Gasteiger partial charge in [0.15, 0.2) is 5.96 Å². The quantitative estimate of drug-likeness (QED) is 0.452. The summed E-state index contributed by atoms with van der Waals surface area (Å²) in [6.45, 7) is 2.19. The molecule has 3 rings (SSSR count). The lowest BCUT2D eigenvalue weighted by Crippen LogP contribution is -2.46. The molecule has 1 aliphatic carbocycles. The van der Waals surface area contributed by atoms with Crippen molar-refractivity contribution in [3.05, 3.63) is 48.0 Å². The van der Waals surface area contributed by atoms with E-state index < -0.39 is 0 Å². The number of aliphatic imine (C=N–C) groups is 1. The molecule has 118 valence electrons. The molecule has 2 aromatic carbocycles. The summed E-state index contributed by atoms with van der Waals surface area (Å²) in [6, 6.07) is 15.8. The van der Waals surface area contributed by atoms with Gasteiger partial charge in [0.1, 0.15) is 0 Å². The Morgan fingerprint density at radius 2 is 1.86 bits per heavy atom. The first-order chi connectivity index (χ1) is 10.3. The summed E-state index contributed by atoms with van der Waals surface area (Å²) in [6.07, 6.45) is 3.83. The highest BCUT2D eigenvalue weighted by Gasteiger charge is 2.19. The third-order valence-electron chi connectivity index (χ3n) is 4.31. The normalized spacial score (nSPS) is 16.5. The molecular formula is C18H24IN3. The van der Waals surface area contributed by atoms with Crippen molar-refractivity contribution in [3.63, 3.8) is 0 Å². The third-order valence-corrected chi connectivity index (χ3v) is 4.31. The standard InChI is InChI=1S/C18H23N3.HI/c1-13(20-18(19-2)21-15-9-6-10-15)16-12-5-8-14-7-3-4-11-17(14)16;/h3-5,7-8,11-13,15H,6,9-10H2,1-2H3,(H2,19,20,21);1H. The molecular weight excluding hydrogens is 385 g/mol. The van der Waals surface area contributed by atoms with Crippen molar-refractivity contribution in [2.75, 3.05) is 7.05 Å². The molecule has 1 saturated carbocycles. The van der Waals surface area contributed by atoms with Crippen LogP contribution >= 0.6 is 24.0 Å². The third kappa shape index (κ3) is 3.72. The monoisotopic (exact) mass is 409 g/mol. The molecule has 2 N–H and O–H groups in total. The van der Waals surface area contributed by atoms with Crippen LogP contribution in [0.2, 0.25) is 0 Å². The highest BCUT2D eigenvalue weighted by Crippen LogP contribution is 2.24. The molecule has 4 heteroatoms. The average molecular weight is 409 g/mol. The Morgan fingerprint density at radius 3 is 2.55 bits per heavy atom. The van der Waals surface area contributed by atoms with Crippen molar-refractivity contribution >= 4 is 40.7 Å². The zero-order valence-electron chi connectivity index (χ0n) is 13.2. The highest BCUT2D eigenvalue weighted by atomic mass is 127. The zero-order chi connectivity index (χ0) is 14.7. The van der Waals surface area contributed by atoms with E-state index in [0.717, 1.165) is 5.96 Å². The van der Waals surface area contributed by atoms with Gasteiger partial charge in [0.2, 0.25) is 0 Å². The van der Waals surface area contributed by atoms with Crippen molar-refractivity contribution in [1.82, 2.24) is 10.6 Å². The van der Waals surface area contributed by atoms with Gasteiger partial charge in [-0.25, -0.2) is 0 Å². The Kier molecular flexibility index (Phi) is 6.06. The van der Waals surface area contributed by atoms with Gasteiger partial charge in [-0.3, -0.25) is 4.99 Å². The minimum Gasteiger partial charge on any atom is -0.354 e. The summed E-state index contributed by atoms with van der Waals surface area (Å²) in [4.78, 5) is 4.35. The van der Waals surface area contributed by atoms with Crippen LogP contribution in [0.1, 0.15) is 37.8 Å². The summed E-state index contributed by atoms with van der Waals surface area (Å²) in [5, 5.41) is 9.59. The van der Waals surface area contributed by atoms with Crippen LogP contribution in [0.25, 0.3) is 10.8 Å². The van der Waals surface area contributed by atoms with Gasteiger partial charge in [0.25, 0.3) is 0 Å². The average Bonchev–Trinajstić information content (AvgIpc) is 2.48. The van der Waals surface area contributed by atoms with E-state index in [-0.39, 0.29) is 30.0 Å². The minimum absolute atomic E-state index is 0. The van der Waals surface area contributed by atoms with Gasteiger partial charge in [-0.1, -0.05) is 42.5 Å². The Hall–Kier alpha value is -1.30. The first kappa shape index (κ1) is 17.1. The number of guanidine groups is 1. The van der Waals surface area contributed by atoms with Crippen LogP contribution in [-0.2, 0) is 0 Å². The number of nitrogens with zero attached hydrogens (tertiary/aromatic N) is 1. The van der Waals surface area contributed by atoms with Crippen molar-refractivity contribution in [2.45, 2.75) is 38.3 Å². The second-order valence-electron chi connectivity index (χ2n) is 5.78. The predicted octanol–water partition coefficient (Wildman–Crippen LogP) is 4.24. The molecule has 1 fully saturated rings. The number of hydrogen-bond acceptors (Lipinski definition) is 1. The number of nitrogens with one attached hydrogen (secondary N) is 2. The van der Waals surface area contributed by atoms with Gasteiger partial charge < -0.3 is 10.6 Å². The molecule has 0 heterocycles. The fraction of sp³-hybridized carbons (Fsp3) is 0.389. The summed E-state index contributed by atoms with van der Waals surface area (Å²) < 4.78 is 0. The van der Waals surface area contributed by atoms with Gasteiger partial charge in [0, 0.05) is 13.1 Å². The molecule has 2 aromatic rings. The van der Waals surface area contributed by atoms with E-state index in [9.17, 15) is 0 Å². The Bertz CT molecular complexity index is 644. The van der Waals surface area contributed by atoms with Crippen LogP contribution in [0, 0.1) is 0 Å². The molecule has 1 atom stereocenters. The molecule has 1 unspecified atom stereocenters. The van der Waals surface area contributed by atoms with E-state index in [1.54, 1.807) is 0 Å². The smallest absolute Gasteiger partial charge is 0.191 e. The minimum atomic E-state index is 0. The van der Waals surface area contributed by atoms with Crippen LogP contribution in [0.4, 0.5) is 0 Å². The van der Waals surface area contributed by atoms with Crippen LogP contribution in [0.15, 0.2) is 47.5 Å².